The summed E-state index contributed by atoms with van der Waals surface area (Å²) in [6, 6.07) is 25.7. The van der Waals surface area contributed by atoms with E-state index in [4.69, 9.17) is 4.74 Å². The van der Waals surface area contributed by atoms with E-state index in [9.17, 15) is 4.79 Å². The van der Waals surface area contributed by atoms with Gasteiger partial charge in [0, 0.05) is 16.2 Å². The summed E-state index contributed by atoms with van der Waals surface area (Å²) in [6.45, 7) is 4.66. The van der Waals surface area contributed by atoms with E-state index in [-0.39, 0.29) is 11.9 Å². The molecule has 0 heterocycles. The number of hydrogen-bond donors (Lipinski definition) is 1. The highest BCUT2D eigenvalue weighted by atomic mass is 32.2. The van der Waals surface area contributed by atoms with Gasteiger partial charge in [-0.2, -0.15) is 0 Å². The summed E-state index contributed by atoms with van der Waals surface area (Å²) in [5, 5.41) is 3.04. The van der Waals surface area contributed by atoms with Gasteiger partial charge in [0.1, 0.15) is 5.75 Å². The van der Waals surface area contributed by atoms with Gasteiger partial charge >= 0.3 is 0 Å². The first-order valence-electron chi connectivity index (χ1n) is 9.40. The molecule has 1 atom stereocenters. The number of carbonyl (C=O) groups is 1. The van der Waals surface area contributed by atoms with Crippen LogP contribution in [-0.4, -0.2) is 18.3 Å². The van der Waals surface area contributed by atoms with Crippen molar-refractivity contribution in [3.63, 3.8) is 0 Å². The van der Waals surface area contributed by atoms with Crippen molar-refractivity contribution >= 4 is 17.7 Å². The normalized spacial score (nSPS) is 11.6. The average Bonchev–Trinajstić information content (AvgIpc) is 2.73. The van der Waals surface area contributed by atoms with Crippen LogP contribution in [0.3, 0.4) is 0 Å². The number of rotatable bonds is 8. The Bertz CT molecular complexity index is 877. The first-order chi connectivity index (χ1) is 13.6. The maximum atomic E-state index is 12.5. The van der Waals surface area contributed by atoms with Crippen molar-refractivity contribution < 1.29 is 9.53 Å². The zero-order valence-electron chi connectivity index (χ0n) is 16.2. The second kappa shape index (κ2) is 10.00. The van der Waals surface area contributed by atoms with Gasteiger partial charge in [-0.05, 0) is 55.8 Å². The minimum atomic E-state index is -0.0840. The molecule has 28 heavy (non-hydrogen) atoms. The third-order valence-electron chi connectivity index (χ3n) is 4.41. The Morgan fingerprint density at radius 3 is 2.32 bits per heavy atom. The molecular weight excluding hydrogens is 366 g/mol. The van der Waals surface area contributed by atoms with Gasteiger partial charge in [-0.3, -0.25) is 4.79 Å². The molecule has 0 aromatic heterocycles. The SMILES string of the molecule is Cc1ccc(C(C)NC(=O)c2ccc(OCCSc3ccccc3)cc2)cc1. The number of aryl methyl sites for hydroxylation is 1. The molecule has 0 aliphatic heterocycles. The van der Waals surface area contributed by atoms with Gasteiger partial charge in [-0.25, -0.2) is 0 Å². The Balaban J connectivity index is 1.46. The molecule has 1 unspecified atom stereocenters. The fourth-order valence-corrected chi connectivity index (χ4v) is 3.51. The Kier molecular flexibility index (Phi) is 7.15. The summed E-state index contributed by atoms with van der Waals surface area (Å²) < 4.78 is 5.77. The first kappa shape index (κ1) is 20.0. The van der Waals surface area contributed by atoms with E-state index in [0.29, 0.717) is 12.2 Å². The lowest BCUT2D eigenvalue weighted by molar-refractivity contribution is 0.0940. The molecule has 3 rings (SSSR count). The van der Waals surface area contributed by atoms with Gasteiger partial charge in [-0.1, -0.05) is 48.0 Å². The molecule has 3 nitrogen and oxygen atoms in total. The molecule has 144 valence electrons. The van der Waals surface area contributed by atoms with E-state index in [0.717, 1.165) is 17.1 Å². The van der Waals surface area contributed by atoms with E-state index >= 15 is 0 Å². The van der Waals surface area contributed by atoms with Crippen LogP contribution in [0, 0.1) is 6.92 Å². The molecule has 0 aliphatic rings. The minimum absolute atomic E-state index is 0.0426. The van der Waals surface area contributed by atoms with Gasteiger partial charge in [0.25, 0.3) is 5.91 Å². The van der Waals surface area contributed by atoms with Crippen molar-refractivity contribution in [3.8, 4) is 5.75 Å². The number of hydrogen-bond acceptors (Lipinski definition) is 3. The van der Waals surface area contributed by atoms with Crippen molar-refractivity contribution in [1.82, 2.24) is 5.32 Å². The second-order valence-corrected chi connectivity index (χ2v) is 7.81. The summed E-state index contributed by atoms with van der Waals surface area (Å²) >= 11 is 1.76. The molecule has 0 fully saturated rings. The first-order valence-corrected chi connectivity index (χ1v) is 10.4. The van der Waals surface area contributed by atoms with Gasteiger partial charge in [0.05, 0.1) is 12.6 Å². The van der Waals surface area contributed by atoms with Crippen molar-refractivity contribution in [2.75, 3.05) is 12.4 Å². The van der Waals surface area contributed by atoms with Crippen LogP contribution >= 0.6 is 11.8 Å². The van der Waals surface area contributed by atoms with Crippen LogP contribution < -0.4 is 10.1 Å². The van der Waals surface area contributed by atoms with Gasteiger partial charge in [-0.15, -0.1) is 11.8 Å². The van der Waals surface area contributed by atoms with Crippen LogP contribution in [0.1, 0.15) is 34.5 Å². The van der Waals surface area contributed by atoms with Crippen LogP contribution in [0.25, 0.3) is 0 Å². The summed E-state index contributed by atoms with van der Waals surface area (Å²) in [4.78, 5) is 13.7. The molecule has 0 bridgehead atoms. The van der Waals surface area contributed by atoms with Gasteiger partial charge in [0.15, 0.2) is 0 Å². The van der Waals surface area contributed by atoms with E-state index < -0.39 is 0 Å². The number of thioether (sulfide) groups is 1. The fourth-order valence-electron chi connectivity index (χ4n) is 2.76. The maximum Gasteiger partial charge on any atom is 0.251 e. The Morgan fingerprint density at radius 2 is 1.64 bits per heavy atom. The highest BCUT2D eigenvalue weighted by Gasteiger charge is 2.11. The number of nitrogens with one attached hydrogen (secondary N) is 1. The lowest BCUT2D eigenvalue weighted by atomic mass is 10.1. The Morgan fingerprint density at radius 1 is 0.964 bits per heavy atom. The van der Waals surface area contributed by atoms with Crippen LogP contribution in [0.4, 0.5) is 0 Å². The molecule has 0 saturated carbocycles. The molecule has 0 aliphatic carbocycles. The van der Waals surface area contributed by atoms with Crippen molar-refractivity contribution in [1.29, 1.82) is 0 Å². The highest BCUT2D eigenvalue weighted by Crippen LogP contribution is 2.19. The number of benzene rings is 3. The van der Waals surface area contributed by atoms with Crippen molar-refractivity contribution in [2.45, 2.75) is 24.8 Å². The zero-order chi connectivity index (χ0) is 19.8. The van der Waals surface area contributed by atoms with E-state index in [1.807, 2.05) is 49.4 Å². The molecule has 0 radical (unpaired) electrons. The fraction of sp³-hybridized carbons (Fsp3) is 0.208. The van der Waals surface area contributed by atoms with E-state index in [1.54, 1.807) is 23.9 Å². The van der Waals surface area contributed by atoms with Crippen molar-refractivity contribution in [2.24, 2.45) is 0 Å². The smallest absolute Gasteiger partial charge is 0.251 e. The lowest BCUT2D eigenvalue weighted by Gasteiger charge is -2.15. The largest absolute Gasteiger partial charge is 0.493 e. The van der Waals surface area contributed by atoms with E-state index in [2.05, 4.69) is 36.5 Å². The average molecular weight is 392 g/mol. The van der Waals surface area contributed by atoms with Crippen molar-refractivity contribution in [3.05, 3.63) is 95.6 Å². The number of carbonyl (C=O) groups excluding carboxylic acids is 1. The molecule has 1 N–H and O–H groups in total. The quantitative estimate of drug-likeness (QED) is 0.398. The summed E-state index contributed by atoms with van der Waals surface area (Å²) in [6.07, 6.45) is 0. The lowest BCUT2D eigenvalue weighted by Crippen LogP contribution is -2.26. The van der Waals surface area contributed by atoms with Crippen LogP contribution in [-0.2, 0) is 0 Å². The topological polar surface area (TPSA) is 38.3 Å². The second-order valence-electron chi connectivity index (χ2n) is 6.64. The summed E-state index contributed by atoms with van der Waals surface area (Å²) in [7, 11) is 0. The Labute approximate surface area is 171 Å². The van der Waals surface area contributed by atoms with Gasteiger partial charge < -0.3 is 10.1 Å². The highest BCUT2D eigenvalue weighted by molar-refractivity contribution is 7.99. The summed E-state index contributed by atoms with van der Waals surface area (Å²) in [5.41, 5.74) is 2.93. The molecule has 3 aromatic rings. The molecule has 0 saturated heterocycles. The predicted octanol–water partition coefficient (Wildman–Crippen LogP) is 5.66. The minimum Gasteiger partial charge on any atom is -0.493 e. The van der Waals surface area contributed by atoms with Crippen LogP contribution in [0.5, 0.6) is 5.75 Å². The number of ether oxygens (including phenoxy) is 1. The third-order valence-corrected chi connectivity index (χ3v) is 5.38. The van der Waals surface area contributed by atoms with Gasteiger partial charge in [0.2, 0.25) is 0 Å². The molecule has 0 spiro atoms. The van der Waals surface area contributed by atoms with Crippen LogP contribution in [0.2, 0.25) is 0 Å². The molecule has 1 amide bonds. The molecular formula is C24H25NO2S. The monoisotopic (exact) mass is 391 g/mol. The molecule has 4 heteroatoms. The van der Waals surface area contributed by atoms with E-state index in [1.165, 1.54) is 10.5 Å². The molecule has 3 aromatic carbocycles. The number of amides is 1. The zero-order valence-corrected chi connectivity index (χ0v) is 17.0. The third kappa shape index (κ3) is 5.89. The van der Waals surface area contributed by atoms with Crippen LogP contribution in [0.15, 0.2) is 83.8 Å². The predicted molar refractivity (Wildman–Crippen MR) is 116 cm³/mol. The Hall–Kier alpha value is -2.72. The standard InChI is InChI=1S/C24H25NO2S/c1-18-8-10-20(11-9-18)19(2)25-24(26)21-12-14-22(15-13-21)27-16-17-28-23-6-4-3-5-7-23/h3-15,19H,16-17H2,1-2H3,(H,25,26). The maximum absolute atomic E-state index is 12.5. The summed E-state index contributed by atoms with van der Waals surface area (Å²) in [5.74, 6) is 1.57.